The molecule has 0 aromatic heterocycles. The maximum atomic E-state index is 11.8. The van der Waals surface area contributed by atoms with E-state index in [1.54, 1.807) is 0 Å². The highest BCUT2D eigenvalue weighted by Gasteiger charge is 2.36. The fraction of sp³-hybridized carbons (Fsp3) is 0.923. The van der Waals surface area contributed by atoms with Crippen molar-refractivity contribution >= 4 is 5.91 Å². The lowest BCUT2D eigenvalue weighted by atomic mass is 9.87. The first kappa shape index (κ1) is 11.9. The van der Waals surface area contributed by atoms with Crippen LogP contribution in [0.5, 0.6) is 0 Å². The number of amides is 1. The van der Waals surface area contributed by atoms with Crippen molar-refractivity contribution in [3.63, 3.8) is 0 Å². The Hall–Kier alpha value is -0.570. The van der Waals surface area contributed by atoms with Gasteiger partial charge < -0.3 is 10.4 Å². The molecule has 0 aromatic rings. The summed E-state index contributed by atoms with van der Waals surface area (Å²) in [7, 11) is 0. The molecule has 2 fully saturated rings. The molecule has 2 aliphatic rings. The molecular formula is C13H23NO2. The van der Waals surface area contributed by atoms with Crippen LogP contribution >= 0.6 is 0 Å². The first-order chi connectivity index (χ1) is 7.67. The fourth-order valence-electron chi connectivity index (χ4n) is 2.76. The van der Waals surface area contributed by atoms with Gasteiger partial charge in [-0.05, 0) is 31.6 Å². The highest BCUT2D eigenvalue weighted by atomic mass is 16.3. The predicted molar refractivity (Wildman–Crippen MR) is 62.9 cm³/mol. The first-order valence-corrected chi connectivity index (χ1v) is 6.55. The summed E-state index contributed by atoms with van der Waals surface area (Å²) in [5, 5.41) is 12.5. The fourth-order valence-corrected chi connectivity index (χ4v) is 2.76. The Balaban J connectivity index is 1.78. The summed E-state index contributed by atoms with van der Waals surface area (Å²) in [6.45, 7) is 2.90. The van der Waals surface area contributed by atoms with Gasteiger partial charge in [0, 0.05) is 17.9 Å². The zero-order chi connectivity index (χ0) is 11.6. The summed E-state index contributed by atoms with van der Waals surface area (Å²) in [4.78, 5) is 11.8. The van der Waals surface area contributed by atoms with Crippen LogP contribution in [0.2, 0.25) is 0 Å². The monoisotopic (exact) mass is 225 g/mol. The van der Waals surface area contributed by atoms with Crippen LogP contribution in [0.4, 0.5) is 0 Å². The van der Waals surface area contributed by atoms with Crippen molar-refractivity contribution in [2.45, 2.75) is 45.4 Å². The maximum Gasteiger partial charge on any atom is 0.223 e. The summed E-state index contributed by atoms with van der Waals surface area (Å²) >= 11 is 0. The highest BCUT2D eigenvalue weighted by molar-refractivity contribution is 5.78. The number of aliphatic hydroxyl groups is 1. The molecule has 3 nitrogen and oxygen atoms in total. The average Bonchev–Trinajstić information content (AvgIpc) is 3.05. The van der Waals surface area contributed by atoms with Gasteiger partial charge in [0.1, 0.15) is 0 Å². The molecule has 0 saturated heterocycles. The Morgan fingerprint density at radius 3 is 2.56 bits per heavy atom. The number of aliphatic hydroxyl groups excluding tert-OH is 1. The molecule has 2 saturated carbocycles. The van der Waals surface area contributed by atoms with E-state index in [0.717, 1.165) is 12.8 Å². The number of carbonyl (C=O) groups is 1. The van der Waals surface area contributed by atoms with Gasteiger partial charge in [0.15, 0.2) is 0 Å². The molecule has 0 heterocycles. The third-order valence-electron chi connectivity index (χ3n) is 4.38. The lowest BCUT2D eigenvalue weighted by molar-refractivity contribution is -0.125. The van der Waals surface area contributed by atoms with E-state index >= 15 is 0 Å². The van der Waals surface area contributed by atoms with Gasteiger partial charge in [-0.15, -0.1) is 0 Å². The van der Waals surface area contributed by atoms with E-state index in [9.17, 15) is 9.90 Å². The van der Waals surface area contributed by atoms with E-state index in [0.29, 0.717) is 12.5 Å². The molecular weight excluding hydrogens is 202 g/mol. The normalized spacial score (nSPS) is 25.4. The van der Waals surface area contributed by atoms with Gasteiger partial charge in [-0.1, -0.05) is 19.8 Å². The second-order valence-electron chi connectivity index (χ2n) is 5.71. The molecule has 3 heteroatoms. The minimum absolute atomic E-state index is 0.0149. The summed E-state index contributed by atoms with van der Waals surface area (Å²) in [5.41, 5.74) is -0.0149. The predicted octanol–water partition coefficient (Wildman–Crippen LogP) is 1.70. The minimum atomic E-state index is -0.0149. The van der Waals surface area contributed by atoms with Crippen molar-refractivity contribution in [2.24, 2.45) is 17.3 Å². The first-order valence-electron chi connectivity index (χ1n) is 6.55. The van der Waals surface area contributed by atoms with Gasteiger partial charge in [0.2, 0.25) is 5.91 Å². The Labute approximate surface area is 97.6 Å². The van der Waals surface area contributed by atoms with Crippen LogP contribution in [0.1, 0.15) is 45.4 Å². The smallest absolute Gasteiger partial charge is 0.223 e. The molecule has 0 radical (unpaired) electrons. The Morgan fingerprint density at radius 1 is 1.44 bits per heavy atom. The van der Waals surface area contributed by atoms with Gasteiger partial charge in [-0.3, -0.25) is 4.79 Å². The van der Waals surface area contributed by atoms with Crippen molar-refractivity contribution < 1.29 is 9.90 Å². The van der Waals surface area contributed by atoms with Crippen molar-refractivity contribution in [2.75, 3.05) is 13.2 Å². The lowest BCUT2D eigenvalue weighted by Crippen LogP contribution is -2.40. The number of carbonyl (C=O) groups excluding carboxylic acids is 1. The quantitative estimate of drug-likeness (QED) is 0.748. The second kappa shape index (κ2) is 4.74. The van der Waals surface area contributed by atoms with Gasteiger partial charge in [0.25, 0.3) is 0 Å². The molecule has 1 atom stereocenters. The van der Waals surface area contributed by atoms with Crippen LogP contribution in [-0.4, -0.2) is 24.2 Å². The van der Waals surface area contributed by atoms with E-state index in [2.05, 4.69) is 5.32 Å². The molecule has 92 valence electrons. The van der Waals surface area contributed by atoms with Crippen LogP contribution in [0, 0.1) is 17.3 Å². The SMILES string of the molecule is CC(C(=O)NCC1(CO)CCCC1)C1CC1. The Bertz CT molecular complexity index is 255. The molecule has 1 unspecified atom stereocenters. The van der Waals surface area contributed by atoms with E-state index in [1.807, 2.05) is 6.92 Å². The summed E-state index contributed by atoms with van der Waals surface area (Å²) < 4.78 is 0. The molecule has 0 spiro atoms. The van der Waals surface area contributed by atoms with Crippen LogP contribution in [0.15, 0.2) is 0 Å². The largest absolute Gasteiger partial charge is 0.396 e. The van der Waals surface area contributed by atoms with Gasteiger partial charge in [-0.2, -0.15) is 0 Å². The summed E-state index contributed by atoms with van der Waals surface area (Å²) in [5.74, 6) is 0.966. The number of nitrogens with one attached hydrogen (secondary N) is 1. The third kappa shape index (κ3) is 2.57. The van der Waals surface area contributed by atoms with Crippen LogP contribution in [-0.2, 0) is 4.79 Å². The van der Waals surface area contributed by atoms with Gasteiger partial charge in [-0.25, -0.2) is 0 Å². The summed E-state index contributed by atoms with van der Waals surface area (Å²) in [6.07, 6.45) is 6.91. The topological polar surface area (TPSA) is 49.3 Å². The lowest BCUT2D eigenvalue weighted by Gasteiger charge is -2.27. The highest BCUT2D eigenvalue weighted by Crippen LogP contribution is 2.38. The third-order valence-corrected chi connectivity index (χ3v) is 4.38. The van der Waals surface area contributed by atoms with E-state index in [-0.39, 0.29) is 23.8 Å². The van der Waals surface area contributed by atoms with E-state index in [4.69, 9.17) is 0 Å². The minimum Gasteiger partial charge on any atom is -0.396 e. The number of hydrogen-bond donors (Lipinski definition) is 2. The van der Waals surface area contributed by atoms with Crippen molar-refractivity contribution in [3.8, 4) is 0 Å². The molecule has 0 aliphatic heterocycles. The van der Waals surface area contributed by atoms with Gasteiger partial charge >= 0.3 is 0 Å². The average molecular weight is 225 g/mol. The van der Waals surface area contributed by atoms with Crippen LogP contribution in [0.3, 0.4) is 0 Å². The summed E-state index contributed by atoms with van der Waals surface area (Å²) in [6, 6.07) is 0. The molecule has 1 amide bonds. The molecule has 2 N–H and O–H groups in total. The van der Waals surface area contributed by atoms with E-state index < -0.39 is 0 Å². The standard InChI is InChI=1S/C13H23NO2/c1-10(11-4-5-11)12(16)14-8-13(9-15)6-2-3-7-13/h10-11,15H,2-9H2,1H3,(H,14,16). The molecule has 0 aromatic carbocycles. The molecule has 16 heavy (non-hydrogen) atoms. The van der Waals surface area contributed by atoms with Crippen LogP contribution < -0.4 is 5.32 Å². The molecule has 2 rings (SSSR count). The Kier molecular flexibility index (Phi) is 3.53. The van der Waals surface area contributed by atoms with Crippen molar-refractivity contribution in [3.05, 3.63) is 0 Å². The van der Waals surface area contributed by atoms with Crippen molar-refractivity contribution in [1.82, 2.24) is 5.32 Å². The zero-order valence-electron chi connectivity index (χ0n) is 10.2. The maximum absolute atomic E-state index is 11.8. The van der Waals surface area contributed by atoms with Crippen molar-refractivity contribution in [1.29, 1.82) is 0 Å². The molecule has 0 bridgehead atoms. The number of rotatable bonds is 5. The van der Waals surface area contributed by atoms with Gasteiger partial charge in [0.05, 0.1) is 6.61 Å². The second-order valence-corrected chi connectivity index (χ2v) is 5.71. The number of hydrogen-bond acceptors (Lipinski definition) is 2. The molecule has 2 aliphatic carbocycles. The van der Waals surface area contributed by atoms with E-state index in [1.165, 1.54) is 25.7 Å². The Morgan fingerprint density at radius 2 is 2.06 bits per heavy atom. The zero-order valence-corrected chi connectivity index (χ0v) is 10.2. The van der Waals surface area contributed by atoms with Crippen LogP contribution in [0.25, 0.3) is 0 Å².